The number of nitrogens with one attached hydrogen (secondary N) is 1. The number of hydrogen-bond donors (Lipinski definition) is 2. The molecule has 0 aromatic heterocycles. The van der Waals surface area contributed by atoms with Gasteiger partial charge in [0.2, 0.25) is 5.91 Å². The van der Waals surface area contributed by atoms with Crippen LogP contribution in [0.25, 0.3) is 0 Å². The first-order valence-electron chi connectivity index (χ1n) is 5.43. The largest absolute Gasteiger partial charge is 0.441 e. The van der Waals surface area contributed by atoms with Crippen LogP contribution in [-0.2, 0) is 20.7 Å². The van der Waals surface area contributed by atoms with E-state index in [0.717, 1.165) is 5.56 Å². The SMILES string of the molecule is C=C(C)C(=O)OCNC(=O)Cc1ccc(N)cc1. The summed E-state index contributed by atoms with van der Waals surface area (Å²) >= 11 is 0. The monoisotopic (exact) mass is 248 g/mol. The Morgan fingerprint density at radius 2 is 1.94 bits per heavy atom. The summed E-state index contributed by atoms with van der Waals surface area (Å²) in [4.78, 5) is 22.5. The van der Waals surface area contributed by atoms with E-state index in [9.17, 15) is 9.59 Å². The Hall–Kier alpha value is -2.30. The van der Waals surface area contributed by atoms with Crippen molar-refractivity contribution in [2.75, 3.05) is 12.5 Å². The van der Waals surface area contributed by atoms with Crippen LogP contribution in [-0.4, -0.2) is 18.6 Å². The van der Waals surface area contributed by atoms with Crippen molar-refractivity contribution < 1.29 is 14.3 Å². The van der Waals surface area contributed by atoms with Crippen LogP contribution in [0.5, 0.6) is 0 Å². The van der Waals surface area contributed by atoms with Crippen molar-refractivity contribution in [3.63, 3.8) is 0 Å². The van der Waals surface area contributed by atoms with Crippen LogP contribution in [0.2, 0.25) is 0 Å². The Morgan fingerprint density at radius 3 is 2.50 bits per heavy atom. The molecule has 0 spiro atoms. The topological polar surface area (TPSA) is 81.4 Å². The molecule has 1 aromatic rings. The molecular weight excluding hydrogens is 232 g/mol. The van der Waals surface area contributed by atoms with Crippen LogP contribution >= 0.6 is 0 Å². The molecule has 0 saturated heterocycles. The van der Waals surface area contributed by atoms with Gasteiger partial charge in [0.15, 0.2) is 6.73 Å². The van der Waals surface area contributed by atoms with Gasteiger partial charge in [-0.2, -0.15) is 0 Å². The number of amides is 1. The van der Waals surface area contributed by atoms with E-state index in [1.807, 2.05) is 0 Å². The highest BCUT2D eigenvalue weighted by atomic mass is 16.5. The highest BCUT2D eigenvalue weighted by Crippen LogP contribution is 2.05. The number of benzene rings is 1. The number of anilines is 1. The van der Waals surface area contributed by atoms with Crippen LogP contribution in [0.1, 0.15) is 12.5 Å². The fraction of sp³-hybridized carbons (Fsp3) is 0.231. The molecule has 0 aliphatic heterocycles. The molecule has 0 heterocycles. The van der Waals surface area contributed by atoms with Gasteiger partial charge in [-0.1, -0.05) is 18.7 Å². The first-order chi connectivity index (χ1) is 8.49. The first kappa shape index (κ1) is 13.8. The predicted octanol–water partition coefficient (Wildman–Crippen LogP) is 1.00. The van der Waals surface area contributed by atoms with Gasteiger partial charge in [-0.3, -0.25) is 4.79 Å². The summed E-state index contributed by atoms with van der Waals surface area (Å²) in [6.45, 7) is 4.82. The Morgan fingerprint density at radius 1 is 1.33 bits per heavy atom. The van der Waals surface area contributed by atoms with Gasteiger partial charge in [0, 0.05) is 11.3 Å². The maximum absolute atomic E-state index is 11.5. The van der Waals surface area contributed by atoms with E-state index in [1.54, 1.807) is 31.2 Å². The summed E-state index contributed by atoms with van der Waals surface area (Å²) in [6.07, 6.45) is 0.213. The van der Waals surface area contributed by atoms with E-state index in [4.69, 9.17) is 10.5 Å². The minimum absolute atomic E-state index is 0.153. The van der Waals surface area contributed by atoms with E-state index >= 15 is 0 Å². The Labute approximate surface area is 106 Å². The normalized spacial score (nSPS) is 9.61. The van der Waals surface area contributed by atoms with E-state index < -0.39 is 5.97 Å². The van der Waals surface area contributed by atoms with Gasteiger partial charge in [-0.05, 0) is 24.6 Å². The van der Waals surface area contributed by atoms with Crippen LogP contribution < -0.4 is 11.1 Å². The third-order valence-corrected chi connectivity index (χ3v) is 2.17. The molecule has 0 radical (unpaired) electrons. The zero-order chi connectivity index (χ0) is 13.5. The number of ether oxygens (including phenoxy) is 1. The smallest absolute Gasteiger partial charge is 0.334 e. The lowest BCUT2D eigenvalue weighted by molar-refractivity contribution is -0.140. The zero-order valence-electron chi connectivity index (χ0n) is 10.2. The number of nitrogens with two attached hydrogens (primary N) is 1. The van der Waals surface area contributed by atoms with Crippen LogP contribution in [0.15, 0.2) is 36.4 Å². The number of nitrogen functional groups attached to an aromatic ring is 1. The molecule has 0 aliphatic carbocycles. The highest BCUT2D eigenvalue weighted by Gasteiger charge is 2.05. The maximum atomic E-state index is 11.5. The van der Waals surface area contributed by atoms with Gasteiger partial charge in [0.1, 0.15) is 0 Å². The molecule has 0 atom stereocenters. The quantitative estimate of drug-likeness (QED) is 0.352. The molecule has 0 aliphatic rings. The minimum atomic E-state index is -0.525. The fourth-order valence-corrected chi connectivity index (χ4v) is 1.19. The lowest BCUT2D eigenvalue weighted by Gasteiger charge is -2.06. The van der Waals surface area contributed by atoms with Gasteiger partial charge in [-0.15, -0.1) is 0 Å². The van der Waals surface area contributed by atoms with Crippen molar-refractivity contribution in [1.29, 1.82) is 0 Å². The summed E-state index contributed by atoms with van der Waals surface area (Å²) in [5.74, 6) is -0.753. The maximum Gasteiger partial charge on any atom is 0.334 e. The van der Waals surface area contributed by atoms with Gasteiger partial charge in [0.05, 0.1) is 6.42 Å². The molecule has 0 bridgehead atoms. The summed E-state index contributed by atoms with van der Waals surface area (Å²) in [7, 11) is 0. The van der Waals surface area contributed by atoms with Crippen molar-refractivity contribution in [1.82, 2.24) is 5.32 Å². The van der Waals surface area contributed by atoms with E-state index in [-0.39, 0.29) is 19.1 Å². The average molecular weight is 248 g/mol. The lowest BCUT2D eigenvalue weighted by atomic mass is 10.1. The summed E-state index contributed by atoms with van der Waals surface area (Å²) in [6, 6.07) is 7.00. The molecular formula is C13H16N2O3. The summed E-state index contributed by atoms with van der Waals surface area (Å²) < 4.78 is 4.74. The minimum Gasteiger partial charge on any atom is -0.441 e. The molecule has 3 N–H and O–H groups in total. The van der Waals surface area contributed by atoms with Crippen molar-refractivity contribution in [2.24, 2.45) is 0 Å². The van der Waals surface area contributed by atoms with Gasteiger partial charge >= 0.3 is 5.97 Å². The molecule has 1 aromatic carbocycles. The van der Waals surface area contributed by atoms with Gasteiger partial charge in [0.25, 0.3) is 0 Å². The van der Waals surface area contributed by atoms with Gasteiger partial charge in [-0.25, -0.2) is 4.79 Å². The van der Waals surface area contributed by atoms with E-state index in [2.05, 4.69) is 11.9 Å². The van der Waals surface area contributed by atoms with Gasteiger partial charge < -0.3 is 15.8 Å². The third kappa shape index (κ3) is 4.69. The Bertz CT molecular complexity index is 452. The molecule has 5 nitrogen and oxygen atoms in total. The second kappa shape index (κ2) is 6.44. The molecule has 5 heteroatoms. The third-order valence-electron chi connectivity index (χ3n) is 2.17. The number of rotatable bonds is 5. The van der Waals surface area contributed by atoms with Crippen LogP contribution in [0.3, 0.4) is 0 Å². The molecule has 0 saturated carbocycles. The number of hydrogen-bond acceptors (Lipinski definition) is 4. The van der Waals surface area contributed by atoms with Crippen molar-refractivity contribution in [3.05, 3.63) is 42.0 Å². The molecule has 96 valence electrons. The second-order valence-electron chi connectivity index (χ2n) is 3.87. The molecule has 0 unspecified atom stereocenters. The molecule has 0 fully saturated rings. The van der Waals surface area contributed by atoms with Crippen molar-refractivity contribution in [2.45, 2.75) is 13.3 Å². The van der Waals surface area contributed by atoms with Crippen molar-refractivity contribution in [3.8, 4) is 0 Å². The summed E-state index contributed by atoms with van der Waals surface area (Å²) in [5.41, 5.74) is 7.32. The van der Waals surface area contributed by atoms with E-state index in [1.165, 1.54) is 0 Å². The standard InChI is InChI=1S/C13H16N2O3/c1-9(2)13(17)18-8-15-12(16)7-10-3-5-11(14)6-4-10/h3-6H,1,7-8,14H2,2H3,(H,15,16). The van der Waals surface area contributed by atoms with Crippen LogP contribution in [0.4, 0.5) is 5.69 Å². The van der Waals surface area contributed by atoms with E-state index in [0.29, 0.717) is 11.3 Å². The predicted molar refractivity (Wildman–Crippen MR) is 68.5 cm³/mol. The molecule has 18 heavy (non-hydrogen) atoms. The zero-order valence-corrected chi connectivity index (χ0v) is 10.2. The van der Waals surface area contributed by atoms with Crippen LogP contribution in [0, 0.1) is 0 Å². The highest BCUT2D eigenvalue weighted by molar-refractivity contribution is 5.87. The lowest BCUT2D eigenvalue weighted by Crippen LogP contribution is -2.29. The molecule has 1 amide bonds. The summed E-state index contributed by atoms with van der Waals surface area (Å²) in [5, 5.41) is 2.48. The molecule has 1 rings (SSSR count). The first-order valence-corrected chi connectivity index (χ1v) is 5.43. The van der Waals surface area contributed by atoms with Crippen molar-refractivity contribution >= 4 is 17.6 Å². The average Bonchev–Trinajstić information content (AvgIpc) is 2.32. The fourth-order valence-electron chi connectivity index (χ4n) is 1.19. The second-order valence-corrected chi connectivity index (χ2v) is 3.87. The Balaban J connectivity index is 2.32. The Kier molecular flexibility index (Phi) is 4.92. The number of carbonyl (C=O) groups is 2. The number of carbonyl (C=O) groups excluding carboxylic acids is 2. The number of esters is 1.